The van der Waals surface area contributed by atoms with Crippen molar-refractivity contribution in [1.29, 1.82) is 0 Å². The van der Waals surface area contributed by atoms with E-state index in [0.717, 1.165) is 45.4 Å². The van der Waals surface area contributed by atoms with Gasteiger partial charge in [-0.2, -0.15) is 0 Å². The molecule has 0 aromatic carbocycles. The average molecular weight is 394 g/mol. The van der Waals surface area contributed by atoms with Crippen molar-refractivity contribution in [3.8, 4) is 0 Å². The van der Waals surface area contributed by atoms with Gasteiger partial charge in [-0.25, -0.2) is 0 Å². The molecule has 18 heavy (non-hydrogen) atoms. The van der Waals surface area contributed by atoms with Gasteiger partial charge in [0.05, 0.1) is 8.66 Å². The van der Waals surface area contributed by atoms with Crippen LogP contribution in [-0.2, 0) is 0 Å². The second kappa shape index (κ2) is 5.23. The van der Waals surface area contributed by atoms with Crippen molar-refractivity contribution < 1.29 is 4.79 Å². The molecule has 6 heteroatoms. The summed E-state index contributed by atoms with van der Waals surface area (Å²) in [5, 5.41) is 0. The predicted octanol–water partition coefficient (Wildman–Crippen LogP) is 3.19. The summed E-state index contributed by atoms with van der Waals surface area (Å²) in [4.78, 5) is 17.6. The van der Waals surface area contributed by atoms with Gasteiger partial charge in [-0.15, -0.1) is 11.3 Å². The molecule has 1 aliphatic carbocycles. The molecule has 98 valence electrons. The number of hydrogen-bond donors (Lipinski definition) is 0. The standard InChI is InChI=1S/C12H14Br2N2OS/c13-9-7-10(18-11(9)14)12(17)16-5-3-15(4-6-16)8-1-2-8/h7-8H,1-6H2. The lowest BCUT2D eigenvalue weighted by atomic mass is 10.3. The molecule has 2 heterocycles. The summed E-state index contributed by atoms with van der Waals surface area (Å²) >= 11 is 8.37. The zero-order valence-electron chi connectivity index (χ0n) is 9.86. The summed E-state index contributed by atoms with van der Waals surface area (Å²) in [5.41, 5.74) is 0. The van der Waals surface area contributed by atoms with E-state index in [1.165, 1.54) is 24.2 Å². The number of thiophene rings is 1. The van der Waals surface area contributed by atoms with Crippen molar-refractivity contribution in [2.45, 2.75) is 18.9 Å². The fourth-order valence-electron chi connectivity index (χ4n) is 2.34. The van der Waals surface area contributed by atoms with Crippen LogP contribution in [0.1, 0.15) is 22.5 Å². The summed E-state index contributed by atoms with van der Waals surface area (Å²) < 4.78 is 1.95. The number of amides is 1. The number of halogens is 2. The van der Waals surface area contributed by atoms with E-state index >= 15 is 0 Å². The van der Waals surface area contributed by atoms with Gasteiger partial charge < -0.3 is 4.90 Å². The summed E-state index contributed by atoms with van der Waals surface area (Å²) in [5.74, 6) is 0.168. The third-order valence-electron chi connectivity index (χ3n) is 3.52. The van der Waals surface area contributed by atoms with Gasteiger partial charge in [-0.3, -0.25) is 9.69 Å². The zero-order chi connectivity index (χ0) is 12.7. The Labute approximate surface area is 127 Å². The smallest absolute Gasteiger partial charge is 0.264 e. The van der Waals surface area contributed by atoms with Gasteiger partial charge in [-0.1, -0.05) is 0 Å². The minimum absolute atomic E-state index is 0.168. The van der Waals surface area contributed by atoms with Crippen LogP contribution >= 0.6 is 43.2 Å². The average Bonchev–Trinajstić information content (AvgIpc) is 3.16. The van der Waals surface area contributed by atoms with E-state index in [1.54, 1.807) is 0 Å². The van der Waals surface area contributed by atoms with Gasteiger partial charge in [0.25, 0.3) is 5.91 Å². The number of carbonyl (C=O) groups excluding carboxylic acids is 1. The summed E-state index contributed by atoms with van der Waals surface area (Å²) in [6, 6.07) is 2.72. The van der Waals surface area contributed by atoms with Gasteiger partial charge in [0, 0.05) is 36.7 Å². The van der Waals surface area contributed by atoms with Crippen molar-refractivity contribution in [1.82, 2.24) is 9.80 Å². The molecule has 0 bridgehead atoms. The predicted molar refractivity (Wildman–Crippen MR) is 80.2 cm³/mol. The summed E-state index contributed by atoms with van der Waals surface area (Å²) in [7, 11) is 0. The lowest BCUT2D eigenvalue weighted by Gasteiger charge is -2.34. The van der Waals surface area contributed by atoms with Crippen LogP contribution in [0.4, 0.5) is 0 Å². The number of hydrogen-bond acceptors (Lipinski definition) is 3. The molecule has 1 amide bonds. The Morgan fingerprint density at radius 2 is 1.89 bits per heavy atom. The molecule has 1 aromatic rings. The molecular weight excluding hydrogens is 380 g/mol. The minimum Gasteiger partial charge on any atom is -0.335 e. The molecule has 0 unspecified atom stereocenters. The quantitative estimate of drug-likeness (QED) is 0.770. The maximum Gasteiger partial charge on any atom is 0.264 e. The second-order valence-electron chi connectivity index (χ2n) is 4.79. The number of carbonyl (C=O) groups is 1. The Bertz CT molecular complexity index is 445. The molecule has 3 nitrogen and oxygen atoms in total. The van der Waals surface area contributed by atoms with E-state index in [9.17, 15) is 4.79 Å². The highest BCUT2D eigenvalue weighted by atomic mass is 79.9. The molecule has 2 fully saturated rings. The molecular formula is C12H14Br2N2OS. The van der Waals surface area contributed by atoms with Gasteiger partial charge in [0.1, 0.15) is 0 Å². The van der Waals surface area contributed by atoms with E-state index in [4.69, 9.17) is 0 Å². The third kappa shape index (κ3) is 2.66. The van der Waals surface area contributed by atoms with E-state index in [1.807, 2.05) is 11.0 Å². The molecule has 0 spiro atoms. The zero-order valence-corrected chi connectivity index (χ0v) is 13.9. The number of nitrogens with zero attached hydrogens (tertiary/aromatic N) is 2. The SMILES string of the molecule is O=C(c1cc(Br)c(Br)s1)N1CCN(C2CC2)CC1. The fraction of sp³-hybridized carbons (Fsp3) is 0.583. The second-order valence-corrected chi connectivity index (χ2v) is 8.02. The van der Waals surface area contributed by atoms with Crippen molar-refractivity contribution >= 4 is 49.1 Å². The van der Waals surface area contributed by atoms with E-state index < -0.39 is 0 Å². The molecule has 1 saturated heterocycles. The Balaban J connectivity index is 1.63. The van der Waals surface area contributed by atoms with E-state index in [2.05, 4.69) is 36.8 Å². The fourth-order valence-corrected chi connectivity index (χ4v) is 4.34. The maximum absolute atomic E-state index is 12.3. The molecule has 0 radical (unpaired) electrons. The summed E-state index contributed by atoms with van der Waals surface area (Å²) in [6.45, 7) is 3.79. The Morgan fingerprint density at radius 1 is 1.22 bits per heavy atom. The molecule has 0 N–H and O–H groups in total. The van der Waals surface area contributed by atoms with Crippen molar-refractivity contribution in [2.75, 3.05) is 26.2 Å². The van der Waals surface area contributed by atoms with Gasteiger partial charge >= 0.3 is 0 Å². The Hall–Kier alpha value is 0.0900. The van der Waals surface area contributed by atoms with Crippen LogP contribution in [0, 0.1) is 0 Å². The van der Waals surface area contributed by atoms with Crippen molar-refractivity contribution in [3.63, 3.8) is 0 Å². The Morgan fingerprint density at radius 3 is 2.39 bits per heavy atom. The van der Waals surface area contributed by atoms with E-state index in [-0.39, 0.29) is 5.91 Å². The number of piperazine rings is 1. The highest BCUT2D eigenvalue weighted by Crippen LogP contribution is 2.33. The van der Waals surface area contributed by atoms with Gasteiger partial charge in [0.2, 0.25) is 0 Å². The first-order valence-electron chi connectivity index (χ1n) is 6.13. The van der Waals surface area contributed by atoms with Crippen molar-refractivity contribution in [2.24, 2.45) is 0 Å². The van der Waals surface area contributed by atoms with Crippen LogP contribution in [0.2, 0.25) is 0 Å². The topological polar surface area (TPSA) is 23.6 Å². The van der Waals surface area contributed by atoms with Crippen LogP contribution in [0.25, 0.3) is 0 Å². The van der Waals surface area contributed by atoms with Crippen LogP contribution in [0.15, 0.2) is 14.3 Å². The third-order valence-corrected chi connectivity index (χ3v) is 6.76. The normalized spacial score (nSPS) is 21.3. The molecule has 1 saturated carbocycles. The van der Waals surface area contributed by atoms with Crippen LogP contribution < -0.4 is 0 Å². The van der Waals surface area contributed by atoms with Crippen LogP contribution in [0.3, 0.4) is 0 Å². The lowest BCUT2D eigenvalue weighted by Crippen LogP contribution is -2.49. The van der Waals surface area contributed by atoms with Crippen molar-refractivity contribution in [3.05, 3.63) is 19.2 Å². The molecule has 0 atom stereocenters. The Kier molecular flexibility index (Phi) is 3.80. The van der Waals surface area contributed by atoms with Gasteiger partial charge in [0.15, 0.2) is 0 Å². The molecule has 3 rings (SSSR count). The molecule has 2 aliphatic rings. The highest BCUT2D eigenvalue weighted by Gasteiger charge is 2.32. The van der Waals surface area contributed by atoms with E-state index in [0.29, 0.717) is 0 Å². The first-order chi connectivity index (χ1) is 8.65. The molecule has 1 aliphatic heterocycles. The minimum atomic E-state index is 0.168. The maximum atomic E-state index is 12.3. The largest absolute Gasteiger partial charge is 0.335 e. The monoisotopic (exact) mass is 392 g/mol. The lowest BCUT2D eigenvalue weighted by molar-refractivity contribution is 0.0632. The molecule has 1 aromatic heterocycles. The van der Waals surface area contributed by atoms with Gasteiger partial charge in [-0.05, 0) is 50.8 Å². The van der Waals surface area contributed by atoms with Crippen LogP contribution in [-0.4, -0.2) is 47.9 Å². The highest BCUT2D eigenvalue weighted by molar-refractivity contribution is 9.13. The first kappa shape index (κ1) is 13.1. The summed E-state index contributed by atoms with van der Waals surface area (Å²) in [6.07, 6.45) is 2.69. The number of rotatable bonds is 2. The van der Waals surface area contributed by atoms with Crippen LogP contribution in [0.5, 0.6) is 0 Å². The first-order valence-corrected chi connectivity index (χ1v) is 8.53.